The van der Waals surface area contributed by atoms with Gasteiger partial charge >= 0.3 is 6.18 Å². The van der Waals surface area contributed by atoms with E-state index >= 15 is 0 Å². The molecule has 0 bridgehead atoms. The molecule has 0 aromatic heterocycles. The summed E-state index contributed by atoms with van der Waals surface area (Å²) in [6.07, 6.45) is -0.896. The Kier molecular flexibility index (Phi) is 8.23. The predicted molar refractivity (Wildman–Crippen MR) is 84.0 cm³/mol. The molecule has 5 heteroatoms. The van der Waals surface area contributed by atoms with Crippen molar-refractivity contribution in [1.29, 1.82) is 0 Å². The Hall–Kier alpha value is -2.04. The molecule has 0 saturated carbocycles. The van der Waals surface area contributed by atoms with Gasteiger partial charge in [-0.2, -0.15) is 13.2 Å². The van der Waals surface area contributed by atoms with Crippen LogP contribution >= 0.6 is 0 Å². The van der Waals surface area contributed by atoms with Gasteiger partial charge in [-0.3, -0.25) is 4.79 Å². The summed E-state index contributed by atoms with van der Waals surface area (Å²) in [7, 11) is 0. The molecular weight excluding hydrogens is 291 g/mol. The number of carbonyl (C=O) groups excluding carboxylic acids is 1. The van der Waals surface area contributed by atoms with Crippen LogP contribution in [0.3, 0.4) is 0 Å². The Morgan fingerprint density at radius 3 is 1.95 bits per heavy atom. The maximum Gasteiger partial charge on any atom is 0.416 e. The van der Waals surface area contributed by atoms with Crippen LogP contribution in [0.4, 0.5) is 13.2 Å². The highest BCUT2D eigenvalue weighted by Gasteiger charge is 2.29. The number of carbonyl (C=O) groups is 1. The molecule has 1 N–H and O–H groups in total. The average Bonchev–Trinajstić information content (AvgIpc) is 2.47. The van der Waals surface area contributed by atoms with E-state index in [1.54, 1.807) is 26.0 Å². The second-order valence-electron chi connectivity index (χ2n) is 4.29. The van der Waals surface area contributed by atoms with E-state index in [2.05, 4.69) is 5.32 Å². The van der Waals surface area contributed by atoms with Crippen LogP contribution in [0.2, 0.25) is 0 Å². The number of rotatable bonds is 3. The minimum absolute atomic E-state index is 0.232. The first kappa shape index (κ1) is 20.0. The first-order valence-electron chi connectivity index (χ1n) is 7.04. The SMILES string of the molecule is C/C=C\C(NC(C)=O)=C(/C)c1ccc(C(F)(F)F)cc1.CC. The first-order chi connectivity index (χ1) is 10.3. The van der Waals surface area contributed by atoms with Crippen LogP contribution in [0.1, 0.15) is 45.7 Å². The minimum atomic E-state index is -4.35. The summed E-state index contributed by atoms with van der Waals surface area (Å²) in [5, 5.41) is 2.66. The number of allylic oxidation sites excluding steroid dienone is 3. The highest BCUT2D eigenvalue weighted by Crippen LogP contribution is 2.30. The molecule has 0 aliphatic carbocycles. The molecular formula is C17H22F3NO. The molecule has 0 heterocycles. The summed E-state index contributed by atoms with van der Waals surface area (Å²) in [4.78, 5) is 11.1. The molecule has 0 aliphatic rings. The van der Waals surface area contributed by atoms with Gasteiger partial charge in [0.1, 0.15) is 0 Å². The van der Waals surface area contributed by atoms with Crippen LogP contribution in [-0.4, -0.2) is 5.91 Å². The van der Waals surface area contributed by atoms with Crippen LogP contribution in [0.5, 0.6) is 0 Å². The average molecular weight is 313 g/mol. The summed E-state index contributed by atoms with van der Waals surface area (Å²) >= 11 is 0. The molecule has 0 radical (unpaired) electrons. The number of benzene rings is 1. The van der Waals surface area contributed by atoms with E-state index in [-0.39, 0.29) is 5.91 Å². The van der Waals surface area contributed by atoms with Gasteiger partial charge in [0.15, 0.2) is 0 Å². The monoisotopic (exact) mass is 313 g/mol. The van der Waals surface area contributed by atoms with Crippen LogP contribution in [0.25, 0.3) is 5.57 Å². The van der Waals surface area contributed by atoms with Crippen molar-refractivity contribution >= 4 is 11.5 Å². The van der Waals surface area contributed by atoms with Gasteiger partial charge in [-0.25, -0.2) is 0 Å². The van der Waals surface area contributed by atoms with Gasteiger partial charge < -0.3 is 5.32 Å². The Morgan fingerprint density at radius 1 is 1.09 bits per heavy atom. The van der Waals surface area contributed by atoms with Crippen molar-refractivity contribution in [3.8, 4) is 0 Å². The van der Waals surface area contributed by atoms with Crippen molar-refractivity contribution < 1.29 is 18.0 Å². The van der Waals surface area contributed by atoms with Gasteiger partial charge in [0.05, 0.1) is 5.56 Å². The summed E-state index contributed by atoms with van der Waals surface area (Å²) in [5.41, 5.74) is 1.20. The summed E-state index contributed by atoms with van der Waals surface area (Å²) in [5.74, 6) is -0.232. The predicted octanol–water partition coefficient (Wildman–Crippen LogP) is 5.17. The molecule has 1 aromatic rings. The van der Waals surface area contributed by atoms with Gasteiger partial charge in [0.2, 0.25) is 5.91 Å². The number of alkyl halides is 3. The molecule has 1 amide bonds. The van der Waals surface area contributed by atoms with Crippen LogP contribution in [0.15, 0.2) is 42.1 Å². The number of hydrogen-bond acceptors (Lipinski definition) is 1. The van der Waals surface area contributed by atoms with E-state index in [0.717, 1.165) is 12.1 Å². The van der Waals surface area contributed by atoms with Crippen molar-refractivity contribution in [3.05, 3.63) is 53.2 Å². The fourth-order valence-electron chi connectivity index (χ4n) is 1.68. The third-order valence-electron chi connectivity index (χ3n) is 2.69. The maximum absolute atomic E-state index is 12.5. The Labute approximate surface area is 129 Å². The smallest absolute Gasteiger partial charge is 0.326 e. The lowest BCUT2D eigenvalue weighted by atomic mass is 10.0. The van der Waals surface area contributed by atoms with Crippen LogP contribution in [-0.2, 0) is 11.0 Å². The highest BCUT2D eigenvalue weighted by molar-refractivity contribution is 5.80. The highest BCUT2D eigenvalue weighted by atomic mass is 19.4. The number of amides is 1. The Bertz CT molecular complexity index is 540. The molecule has 2 nitrogen and oxygen atoms in total. The summed E-state index contributed by atoms with van der Waals surface area (Å²) in [6, 6.07) is 4.84. The molecule has 0 fully saturated rings. The topological polar surface area (TPSA) is 29.1 Å². The Morgan fingerprint density at radius 2 is 1.59 bits per heavy atom. The lowest BCUT2D eigenvalue weighted by Crippen LogP contribution is -2.19. The van der Waals surface area contributed by atoms with Gasteiger partial charge in [-0.1, -0.05) is 32.1 Å². The van der Waals surface area contributed by atoms with Gasteiger partial charge in [0.25, 0.3) is 0 Å². The number of nitrogens with one attached hydrogen (secondary N) is 1. The van der Waals surface area contributed by atoms with Gasteiger partial charge in [-0.15, -0.1) is 0 Å². The zero-order chi connectivity index (χ0) is 17.3. The molecule has 1 rings (SSSR count). The largest absolute Gasteiger partial charge is 0.416 e. The number of hydrogen-bond donors (Lipinski definition) is 1. The molecule has 0 saturated heterocycles. The van der Waals surface area contributed by atoms with E-state index in [0.29, 0.717) is 16.8 Å². The first-order valence-corrected chi connectivity index (χ1v) is 7.04. The normalized spacial score (nSPS) is 12.4. The molecule has 122 valence electrons. The van der Waals surface area contributed by atoms with E-state index in [1.165, 1.54) is 19.1 Å². The van der Waals surface area contributed by atoms with Crippen molar-refractivity contribution in [3.63, 3.8) is 0 Å². The number of halogens is 3. The lowest BCUT2D eigenvalue weighted by molar-refractivity contribution is -0.137. The molecule has 0 unspecified atom stereocenters. The third-order valence-corrected chi connectivity index (χ3v) is 2.69. The van der Waals surface area contributed by atoms with Gasteiger partial charge in [-0.05, 0) is 43.2 Å². The quantitative estimate of drug-likeness (QED) is 0.766. The van der Waals surface area contributed by atoms with E-state index in [1.807, 2.05) is 13.8 Å². The molecule has 22 heavy (non-hydrogen) atoms. The second-order valence-corrected chi connectivity index (χ2v) is 4.29. The Balaban J connectivity index is 0.00000211. The zero-order valence-electron chi connectivity index (χ0n) is 13.5. The van der Waals surface area contributed by atoms with Crippen molar-refractivity contribution in [2.75, 3.05) is 0 Å². The third kappa shape index (κ3) is 6.16. The summed E-state index contributed by atoms with van der Waals surface area (Å²) in [6.45, 7) is 8.92. The van der Waals surface area contributed by atoms with E-state index in [9.17, 15) is 18.0 Å². The second kappa shape index (κ2) is 9.07. The maximum atomic E-state index is 12.5. The fraction of sp³-hybridized carbons (Fsp3) is 0.353. The van der Waals surface area contributed by atoms with E-state index < -0.39 is 11.7 Å². The molecule has 0 spiro atoms. The van der Waals surface area contributed by atoms with Crippen molar-refractivity contribution in [2.24, 2.45) is 0 Å². The van der Waals surface area contributed by atoms with Crippen LogP contribution in [0, 0.1) is 0 Å². The standard InChI is InChI=1S/C15H16F3NO.C2H6/c1-4-5-14(19-11(3)20)10(2)12-6-8-13(9-7-12)15(16,17)18;1-2/h4-9H,1-3H3,(H,19,20);1-2H3/b5-4-,14-10-;. The lowest BCUT2D eigenvalue weighted by Gasteiger charge is -2.11. The zero-order valence-corrected chi connectivity index (χ0v) is 13.5. The molecule has 1 aromatic carbocycles. The van der Waals surface area contributed by atoms with Crippen molar-refractivity contribution in [1.82, 2.24) is 5.32 Å². The fourth-order valence-corrected chi connectivity index (χ4v) is 1.68. The van der Waals surface area contributed by atoms with Crippen molar-refractivity contribution in [2.45, 2.75) is 40.8 Å². The van der Waals surface area contributed by atoms with Gasteiger partial charge in [0, 0.05) is 12.6 Å². The molecule has 0 aliphatic heterocycles. The molecule has 0 atom stereocenters. The summed E-state index contributed by atoms with van der Waals surface area (Å²) < 4.78 is 37.5. The van der Waals surface area contributed by atoms with Crippen LogP contribution < -0.4 is 5.32 Å². The minimum Gasteiger partial charge on any atom is -0.326 e. The van der Waals surface area contributed by atoms with E-state index in [4.69, 9.17) is 0 Å².